The Morgan fingerprint density at radius 2 is 1.76 bits per heavy atom. The number of benzene rings is 2. The van der Waals surface area contributed by atoms with E-state index in [4.69, 9.17) is 9.47 Å². The zero-order valence-electron chi connectivity index (χ0n) is 14.6. The predicted molar refractivity (Wildman–Crippen MR) is 97.3 cm³/mol. The van der Waals surface area contributed by atoms with Crippen LogP contribution in [0.5, 0.6) is 11.5 Å². The van der Waals surface area contributed by atoms with E-state index in [1.165, 1.54) is 18.9 Å². The van der Waals surface area contributed by atoms with E-state index in [0.29, 0.717) is 17.2 Å². The normalized spacial score (nSPS) is 10.0. The maximum absolute atomic E-state index is 12.1. The summed E-state index contributed by atoms with van der Waals surface area (Å²) in [4.78, 5) is 25.7. The summed E-state index contributed by atoms with van der Waals surface area (Å²) in [6, 6.07) is 14.4. The van der Waals surface area contributed by atoms with E-state index in [1.54, 1.807) is 25.3 Å². The van der Waals surface area contributed by atoms with Crippen molar-refractivity contribution in [3.63, 3.8) is 0 Å². The second-order valence-electron chi connectivity index (χ2n) is 5.37. The van der Waals surface area contributed by atoms with Crippen LogP contribution in [0.15, 0.2) is 48.5 Å². The van der Waals surface area contributed by atoms with Crippen LogP contribution in [0.2, 0.25) is 0 Å². The summed E-state index contributed by atoms with van der Waals surface area (Å²) in [5.74, 6) is 0.810. The monoisotopic (exact) mass is 342 g/mol. The van der Waals surface area contributed by atoms with Gasteiger partial charge >= 0.3 is 0 Å². The molecule has 0 heterocycles. The number of amides is 2. The van der Waals surface area contributed by atoms with Crippen molar-refractivity contribution >= 4 is 23.2 Å². The summed E-state index contributed by atoms with van der Waals surface area (Å²) in [6.07, 6.45) is 0.170. The Morgan fingerprint density at radius 3 is 2.36 bits per heavy atom. The third kappa shape index (κ3) is 4.97. The Bertz CT molecular complexity index is 731. The van der Waals surface area contributed by atoms with E-state index in [1.807, 2.05) is 30.3 Å². The molecule has 0 saturated carbocycles. The van der Waals surface area contributed by atoms with Crippen molar-refractivity contribution in [3.05, 3.63) is 48.5 Å². The van der Waals surface area contributed by atoms with Crippen molar-refractivity contribution in [1.29, 1.82) is 0 Å². The Morgan fingerprint density at radius 1 is 1.04 bits per heavy atom. The van der Waals surface area contributed by atoms with Crippen LogP contribution in [0.4, 0.5) is 11.4 Å². The van der Waals surface area contributed by atoms with E-state index in [2.05, 4.69) is 5.32 Å². The highest BCUT2D eigenvalue weighted by atomic mass is 16.5. The van der Waals surface area contributed by atoms with Crippen molar-refractivity contribution in [2.45, 2.75) is 13.3 Å². The molecule has 0 atom stereocenters. The second-order valence-corrected chi connectivity index (χ2v) is 5.37. The molecule has 0 aliphatic carbocycles. The minimum Gasteiger partial charge on any atom is -0.497 e. The first-order valence-electron chi connectivity index (χ1n) is 7.90. The second kappa shape index (κ2) is 8.73. The van der Waals surface area contributed by atoms with Gasteiger partial charge in [0.2, 0.25) is 11.8 Å². The van der Waals surface area contributed by atoms with E-state index >= 15 is 0 Å². The number of rotatable bonds is 7. The molecule has 2 amide bonds. The average molecular weight is 342 g/mol. The van der Waals surface area contributed by atoms with Gasteiger partial charge in [-0.2, -0.15) is 0 Å². The number of ether oxygens (including phenoxy) is 2. The van der Waals surface area contributed by atoms with E-state index in [0.717, 1.165) is 5.69 Å². The van der Waals surface area contributed by atoms with Gasteiger partial charge in [-0.1, -0.05) is 18.2 Å². The minimum absolute atomic E-state index is 0.162. The molecule has 2 aromatic carbocycles. The molecular formula is C19H22N2O4. The number of nitrogens with zero attached hydrogens (tertiary/aromatic N) is 1. The van der Waals surface area contributed by atoms with Crippen LogP contribution in [0, 0.1) is 0 Å². The van der Waals surface area contributed by atoms with Crippen LogP contribution >= 0.6 is 0 Å². The first-order valence-corrected chi connectivity index (χ1v) is 7.90. The zero-order chi connectivity index (χ0) is 18.2. The smallest absolute Gasteiger partial charge is 0.226 e. The standard InChI is InChI=1S/C19H22N2O4/c1-14(22)21(17-10-9-16(24-2)13-18(17)25-3)12-11-19(23)20-15-7-5-4-6-8-15/h4-10,13H,11-12H2,1-3H3,(H,20,23). The zero-order valence-corrected chi connectivity index (χ0v) is 14.6. The lowest BCUT2D eigenvalue weighted by Gasteiger charge is -2.23. The number of hydrogen-bond donors (Lipinski definition) is 1. The maximum atomic E-state index is 12.1. The van der Waals surface area contributed by atoms with Crippen molar-refractivity contribution in [2.75, 3.05) is 31.0 Å². The quantitative estimate of drug-likeness (QED) is 0.840. The van der Waals surface area contributed by atoms with Crippen molar-refractivity contribution in [1.82, 2.24) is 0 Å². The molecule has 2 aromatic rings. The molecule has 1 N–H and O–H groups in total. The molecule has 0 fully saturated rings. The van der Waals surface area contributed by atoms with Gasteiger partial charge in [-0.15, -0.1) is 0 Å². The highest BCUT2D eigenvalue weighted by molar-refractivity contribution is 5.95. The van der Waals surface area contributed by atoms with E-state index in [-0.39, 0.29) is 24.8 Å². The molecule has 0 spiro atoms. The lowest BCUT2D eigenvalue weighted by molar-refractivity contribution is -0.117. The van der Waals surface area contributed by atoms with Gasteiger partial charge in [0.15, 0.2) is 0 Å². The number of carbonyl (C=O) groups excluding carboxylic acids is 2. The Labute approximate surface area is 147 Å². The number of anilines is 2. The summed E-state index contributed by atoms with van der Waals surface area (Å²) >= 11 is 0. The fourth-order valence-corrected chi connectivity index (χ4v) is 2.41. The Balaban J connectivity index is 2.09. The molecule has 0 radical (unpaired) electrons. The van der Waals surface area contributed by atoms with Gasteiger partial charge in [0.05, 0.1) is 19.9 Å². The number of methoxy groups -OCH3 is 2. The van der Waals surface area contributed by atoms with Crippen LogP contribution in [-0.2, 0) is 9.59 Å². The van der Waals surface area contributed by atoms with Crippen LogP contribution in [0.1, 0.15) is 13.3 Å². The molecule has 0 saturated heterocycles. The maximum Gasteiger partial charge on any atom is 0.226 e. The molecule has 0 aliphatic heterocycles. The van der Waals surface area contributed by atoms with E-state index < -0.39 is 0 Å². The Kier molecular flexibility index (Phi) is 6.39. The first-order chi connectivity index (χ1) is 12.0. The molecule has 0 bridgehead atoms. The van der Waals surface area contributed by atoms with Crippen LogP contribution in [0.3, 0.4) is 0 Å². The number of hydrogen-bond acceptors (Lipinski definition) is 4. The van der Waals surface area contributed by atoms with E-state index in [9.17, 15) is 9.59 Å². The SMILES string of the molecule is COc1ccc(N(CCC(=O)Nc2ccccc2)C(C)=O)c(OC)c1. The summed E-state index contributed by atoms with van der Waals surface area (Å²) in [5.41, 5.74) is 1.33. The first kappa shape index (κ1) is 18.3. The predicted octanol–water partition coefficient (Wildman–Crippen LogP) is 3.09. The minimum atomic E-state index is -0.170. The summed E-state index contributed by atoms with van der Waals surface area (Å²) < 4.78 is 10.5. The highest BCUT2D eigenvalue weighted by Gasteiger charge is 2.18. The number of carbonyl (C=O) groups is 2. The fraction of sp³-hybridized carbons (Fsp3) is 0.263. The third-order valence-corrected chi connectivity index (χ3v) is 3.68. The molecule has 0 aliphatic rings. The molecule has 132 valence electrons. The van der Waals surface area contributed by atoms with Gasteiger partial charge in [-0.3, -0.25) is 9.59 Å². The largest absolute Gasteiger partial charge is 0.497 e. The van der Waals surface area contributed by atoms with Crippen molar-refractivity contribution in [2.24, 2.45) is 0 Å². The lowest BCUT2D eigenvalue weighted by atomic mass is 10.2. The summed E-state index contributed by atoms with van der Waals surface area (Å²) in [6.45, 7) is 1.70. The van der Waals surface area contributed by atoms with Crippen molar-refractivity contribution in [3.8, 4) is 11.5 Å². The molecule has 25 heavy (non-hydrogen) atoms. The van der Waals surface area contributed by atoms with Crippen LogP contribution in [0.25, 0.3) is 0 Å². The van der Waals surface area contributed by atoms with Crippen molar-refractivity contribution < 1.29 is 19.1 Å². The topological polar surface area (TPSA) is 67.9 Å². The molecule has 6 heteroatoms. The van der Waals surface area contributed by atoms with Gasteiger partial charge in [-0.05, 0) is 24.3 Å². The number of nitrogens with one attached hydrogen (secondary N) is 1. The molecule has 6 nitrogen and oxygen atoms in total. The Hall–Kier alpha value is -3.02. The van der Waals surface area contributed by atoms with Crippen LogP contribution < -0.4 is 19.7 Å². The van der Waals surface area contributed by atoms with Gasteiger partial charge in [0.1, 0.15) is 11.5 Å². The average Bonchev–Trinajstić information content (AvgIpc) is 2.62. The third-order valence-electron chi connectivity index (χ3n) is 3.68. The highest BCUT2D eigenvalue weighted by Crippen LogP contribution is 2.32. The molecule has 0 aromatic heterocycles. The fourth-order valence-electron chi connectivity index (χ4n) is 2.41. The van der Waals surface area contributed by atoms with Gasteiger partial charge in [0.25, 0.3) is 0 Å². The molecule has 2 rings (SSSR count). The lowest BCUT2D eigenvalue weighted by Crippen LogP contribution is -2.32. The summed E-state index contributed by atoms with van der Waals surface area (Å²) in [7, 11) is 3.09. The molecule has 0 unspecified atom stereocenters. The van der Waals surface area contributed by atoms with Gasteiger partial charge < -0.3 is 19.7 Å². The number of para-hydroxylation sites is 1. The summed E-state index contributed by atoms with van der Waals surface area (Å²) in [5, 5.41) is 2.81. The van der Waals surface area contributed by atoms with Crippen LogP contribution in [-0.4, -0.2) is 32.6 Å². The van der Waals surface area contributed by atoms with Gasteiger partial charge in [0, 0.05) is 31.6 Å². The molecular weight excluding hydrogens is 320 g/mol. The van der Waals surface area contributed by atoms with Gasteiger partial charge in [-0.25, -0.2) is 0 Å².